The molecular weight excluding hydrogens is 314 g/mol. The molecule has 0 fully saturated rings. The highest BCUT2D eigenvalue weighted by atomic mass is 32.1. The number of carbonyl (C=O) groups is 1. The first kappa shape index (κ1) is 15.2. The molecule has 1 aromatic carbocycles. The largest absolute Gasteiger partial charge is 0.494 e. The van der Waals surface area contributed by atoms with Crippen LogP contribution in [-0.2, 0) is 6.54 Å². The van der Waals surface area contributed by atoms with E-state index in [0.717, 1.165) is 16.0 Å². The van der Waals surface area contributed by atoms with Crippen molar-refractivity contribution in [1.82, 2.24) is 9.72 Å². The van der Waals surface area contributed by atoms with E-state index in [0.29, 0.717) is 18.0 Å². The molecule has 6 nitrogen and oxygen atoms in total. The Hall–Kier alpha value is -2.67. The molecule has 0 saturated carbocycles. The quantitative estimate of drug-likeness (QED) is 0.675. The van der Waals surface area contributed by atoms with Crippen LogP contribution in [-0.4, -0.2) is 22.2 Å². The van der Waals surface area contributed by atoms with Crippen LogP contribution in [0, 0.1) is 0 Å². The SMILES string of the molecule is C=CCn1c(=NC(=O)c2ccno2)sc2cc(OCC)ccc21. The first-order chi connectivity index (χ1) is 11.2. The van der Waals surface area contributed by atoms with E-state index in [1.807, 2.05) is 29.7 Å². The van der Waals surface area contributed by atoms with Gasteiger partial charge in [0, 0.05) is 12.6 Å². The van der Waals surface area contributed by atoms with E-state index in [1.54, 1.807) is 6.08 Å². The molecule has 0 spiro atoms. The van der Waals surface area contributed by atoms with E-state index < -0.39 is 5.91 Å². The Bertz CT molecular complexity index is 906. The molecule has 0 aliphatic heterocycles. The molecule has 0 bridgehead atoms. The number of rotatable bonds is 5. The zero-order chi connectivity index (χ0) is 16.2. The van der Waals surface area contributed by atoms with Crippen LogP contribution in [0.5, 0.6) is 5.75 Å². The highest BCUT2D eigenvalue weighted by Gasteiger charge is 2.11. The smallest absolute Gasteiger partial charge is 0.318 e. The Morgan fingerprint density at radius 1 is 1.52 bits per heavy atom. The molecule has 1 amide bonds. The molecule has 2 heterocycles. The number of fused-ring (bicyclic) bond motifs is 1. The van der Waals surface area contributed by atoms with Crippen molar-refractivity contribution in [2.75, 3.05) is 6.61 Å². The number of thiazole rings is 1. The summed E-state index contributed by atoms with van der Waals surface area (Å²) >= 11 is 1.42. The van der Waals surface area contributed by atoms with Crippen LogP contribution in [0.3, 0.4) is 0 Å². The lowest BCUT2D eigenvalue weighted by Crippen LogP contribution is -2.16. The Morgan fingerprint density at radius 2 is 2.39 bits per heavy atom. The van der Waals surface area contributed by atoms with E-state index in [2.05, 4.69) is 16.7 Å². The molecule has 0 atom stereocenters. The summed E-state index contributed by atoms with van der Waals surface area (Å²) in [6.07, 6.45) is 3.18. The molecule has 2 aromatic heterocycles. The topological polar surface area (TPSA) is 69.6 Å². The number of aromatic nitrogens is 2. The normalized spacial score (nSPS) is 11.8. The van der Waals surface area contributed by atoms with Crippen LogP contribution in [0.2, 0.25) is 0 Å². The van der Waals surface area contributed by atoms with Gasteiger partial charge in [-0.05, 0) is 25.1 Å². The van der Waals surface area contributed by atoms with Crippen LogP contribution in [0.15, 0.2) is 52.6 Å². The summed E-state index contributed by atoms with van der Waals surface area (Å²) in [5, 5.41) is 3.53. The fourth-order valence-electron chi connectivity index (χ4n) is 2.17. The standard InChI is InChI=1S/C16H15N3O3S/c1-3-9-19-12-6-5-11(21-4-2)10-14(12)23-16(19)18-15(20)13-7-8-17-22-13/h3,5-8,10H,1,4,9H2,2H3. The maximum absolute atomic E-state index is 12.1. The Balaban J connectivity index is 2.13. The molecule has 0 aliphatic rings. The number of ether oxygens (including phenoxy) is 1. The molecule has 0 unspecified atom stereocenters. The predicted molar refractivity (Wildman–Crippen MR) is 87.6 cm³/mol. The number of carbonyl (C=O) groups excluding carboxylic acids is 1. The van der Waals surface area contributed by atoms with Crippen LogP contribution < -0.4 is 9.54 Å². The van der Waals surface area contributed by atoms with Gasteiger partial charge in [0.05, 0.1) is 23.0 Å². The van der Waals surface area contributed by atoms with Crippen LogP contribution >= 0.6 is 11.3 Å². The zero-order valence-electron chi connectivity index (χ0n) is 12.6. The van der Waals surface area contributed by atoms with E-state index in [9.17, 15) is 4.79 Å². The fourth-order valence-corrected chi connectivity index (χ4v) is 3.24. The lowest BCUT2D eigenvalue weighted by atomic mass is 10.3. The fraction of sp³-hybridized carbons (Fsp3) is 0.188. The molecule has 118 valence electrons. The first-order valence-corrected chi connectivity index (χ1v) is 7.91. The average molecular weight is 329 g/mol. The second-order valence-corrected chi connectivity index (χ2v) is 5.65. The summed E-state index contributed by atoms with van der Waals surface area (Å²) in [5.41, 5.74) is 0.975. The van der Waals surface area contributed by atoms with Crippen molar-refractivity contribution in [2.45, 2.75) is 13.5 Å². The molecular formula is C16H15N3O3S. The van der Waals surface area contributed by atoms with Crippen LogP contribution in [0.25, 0.3) is 10.2 Å². The maximum atomic E-state index is 12.1. The third-order valence-electron chi connectivity index (χ3n) is 3.12. The Labute approximate surface area is 136 Å². The highest BCUT2D eigenvalue weighted by molar-refractivity contribution is 7.16. The van der Waals surface area contributed by atoms with E-state index in [-0.39, 0.29) is 5.76 Å². The lowest BCUT2D eigenvalue weighted by molar-refractivity contribution is 0.0962. The number of amides is 1. The van der Waals surface area contributed by atoms with Gasteiger partial charge in [0.25, 0.3) is 0 Å². The van der Waals surface area contributed by atoms with Gasteiger partial charge in [0.2, 0.25) is 5.76 Å². The summed E-state index contributed by atoms with van der Waals surface area (Å²) < 4.78 is 13.3. The van der Waals surface area contributed by atoms with Crippen molar-refractivity contribution < 1.29 is 14.1 Å². The van der Waals surface area contributed by atoms with Crippen molar-refractivity contribution >= 4 is 27.5 Å². The number of nitrogens with zero attached hydrogens (tertiary/aromatic N) is 3. The average Bonchev–Trinajstić information content (AvgIpc) is 3.17. The van der Waals surface area contributed by atoms with E-state index >= 15 is 0 Å². The van der Waals surface area contributed by atoms with Crippen molar-refractivity contribution in [1.29, 1.82) is 0 Å². The summed E-state index contributed by atoms with van der Waals surface area (Å²) in [6, 6.07) is 7.30. The van der Waals surface area contributed by atoms with Gasteiger partial charge in [-0.2, -0.15) is 4.99 Å². The highest BCUT2D eigenvalue weighted by Crippen LogP contribution is 2.23. The maximum Gasteiger partial charge on any atom is 0.318 e. The molecule has 7 heteroatoms. The third-order valence-corrected chi connectivity index (χ3v) is 4.16. The summed E-state index contributed by atoms with van der Waals surface area (Å²) in [4.78, 5) is 16.9. The minimum atomic E-state index is -0.461. The van der Waals surface area contributed by atoms with Gasteiger partial charge in [-0.1, -0.05) is 22.6 Å². The van der Waals surface area contributed by atoms with Crippen molar-refractivity contribution in [3.63, 3.8) is 0 Å². The van der Waals surface area contributed by atoms with Gasteiger partial charge in [-0.25, -0.2) is 0 Å². The van der Waals surface area contributed by atoms with Gasteiger partial charge in [0.1, 0.15) is 5.75 Å². The predicted octanol–water partition coefficient (Wildman–Crippen LogP) is 3.02. The van der Waals surface area contributed by atoms with Gasteiger partial charge in [-0.3, -0.25) is 4.79 Å². The number of hydrogen-bond donors (Lipinski definition) is 0. The minimum absolute atomic E-state index is 0.114. The molecule has 3 rings (SSSR count). The summed E-state index contributed by atoms with van der Waals surface area (Å²) in [6.45, 7) is 6.86. The second-order valence-electron chi connectivity index (χ2n) is 4.64. The molecule has 3 aromatic rings. The minimum Gasteiger partial charge on any atom is -0.494 e. The second kappa shape index (κ2) is 6.62. The van der Waals surface area contributed by atoms with Crippen molar-refractivity contribution in [3.8, 4) is 5.75 Å². The first-order valence-electron chi connectivity index (χ1n) is 7.09. The summed E-state index contributed by atoms with van der Waals surface area (Å²) in [5.74, 6) is 0.444. The zero-order valence-corrected chi connectivity index (χ0v) is 13.4. The Morgan fingerprint density at radius 3 is 3.09 bits per heavy atom. The molecule has 0 aliphatic carbocycles. The third kappa shape index (κ3) is 3.09. The van der Waals surface area contributed by atoms with Crippen molar-refractivity contribution in [3.05, 3.63) is 53.7 Å². The molecule has 0 saturated heterocycles. The summed E-state index contributed by atoms with van der Waals surface area (Å²) in [7, 11) is 0. The monoisotopic (exact) mass is 329 g/mol. The molecule has 0 N–H and O–H groups in total. The lowest BCUT2D eigenvalue weighted by Gasteiger charge is -2.03. The Kier molecular flexibility index (Phi) is 4.38. The van der Waals surface area contributed by atoms with Gasteiger partial charge in [0.15, 0.2) is 4.80 Å². The van der Waals surface area contributed by atoms with Gasteiger partial charge in [-0.15, -0.1) is 6.58 Å². The number of hydrogen-bond acceptors (Lipinski definition) is 5. The van der Waals surface area contributed by atoms with Gasteiger partial charge < -0.3 is 13.8 Å². The van der Waals surface area contributed by atoms with Crippen molar-refractivity contribution in [2.24, 2.45) is 4.99 Å². The van der Waals surface area contributed by atoms with Gasteiger partial charge >= 0.3 is 5.91 Å². The number of benzene rings is 1. The van der Waals surface area contributed by atoms with E-state index in [1.165, 1.54) is 23.6 Å². The van der Waals surface area contributed by atoms with Crippen LogP contribution in [0.4, 0.5) is 0 Å². The molecule has 0 radical (unpaired) electrons. The van der Waals surface area contributed by atoms with Crippen LogP contribution in [0.1, 0.15) is 17.5 Å². The number of allylic oxidation sites excluding steroid dienone is 1. The molecule has 23 heavy (non-hydrogen) atoms. The van der Waals surface area contributed by atoms with E-state index in [4.69, 9.17) is 9.26 Å².